The van der Waals surface area contributed by atoms with Crippen LogP contribution >= 0.6 is 0 Å². The zero-order valence-electron chi connectivity index (χ0n) is 19.6. The van der Waals surface area contributed by atoms with E-state index in [1.54, 1.807) is 25.0 Å². The van der Waals surface area contributed by atoms with E-state index in [-0.39, 0.29) is 23.6 Å². The summed E-state index contributed by atoms with van der Waals surface area (Å²) in [6.45, 7) is 3.75. The van der Waals surface area contributed by atoms with Crippen LogP contribution in [-0.2, 0) is 19.6 Å². The van der Waals surface area contributed by atoms with Crippen molar-refractivity contribution in [2.24, 2.45) is 0 Å². The van der Waals surface area contributed by atoms with Crippen LogP contribution in [0.1, 0.15) is 18.4 Å². The molecule has 34 heavy (non-hydrogen) atoms. The summed E-state index contributed by atoms with van der Waals surface area (Å²) in [5.74, 6) is 0.418. The summed E-state index contributed by atoms with van der Waals surface area (Å²) in [4.78, 5) is 29.8. The van der Waals surface area contributed by atoms with E-state index in [1.807, 2.05) is 24.3 Å². The van der Waals surface area contributed by atoms with Gasteiger partial charge in [-0.05, 0) is 49.2 Å². The smallest absolute Gasteiger partial charge is 0.267 e. The highest BCUT2D eigenvalue weighted by molar-refractivity contribution is 7.89. The molecule has 0 aliphatic carbocycles. The predicted octanol–water partition coefficient (Wildman–Crippen LogP) is 2.04. The monoisotopic (exact) mass is 487 g/mol. The molecule has 0 spiro atoms. The first-order valence-electron chi connectivity index (χ1n) is 11.2. The number of carbonyl (C=O) groups excluding carboxylic acids is 2. The number of amides is 2. The van der Waals surface area contributed by atoms with E-state index < -0.39 is 22.0 Å². The third-order valence-electron chi connectivity index (χ3n) is 6.39. The largest absolute Gasteiger partial charge is 0.496 e. The fourth-order valence-corrected chi connectivity index (χ4v) is 6.26. The average Bonchev–Trinajstić information content (AvgIpc) is 3.25. The van der Waals surface area contributed by atoms with Gasteiger partial charge < -0.3 is 19.3 Å². The highest BCUT2D eigenvalue weighted by Gasteiger charge is 2.46. The quantitative estimate of drug-likeness (QED) is 0.615. The summed E-state index contributed by atoms with van der Waals surface area (Å²) in [5.41, 5.74) is 1.58. The van der Waals surface area contributed by atoms with Gasteiger partial charge in [-0.2, -0.15) is 0 Å². The second kappa shape index (κ2) is 9.54. The molecule has 0 radical (unpaired) electrons. The van der Waals surface area contributed by atoms with E-state index in [0.29, 0.717) is 37.5 Å². The molecule has 2 aromatic rings. The number of sulfonamides is 1. The van der Waals surface area contributed by atoms with E-state index in [1.165, 1.54) is 19.2 Å². The van der Waals surface area contributed by atoms with Crippen molar-refractivity contribution in [1.29, 1.82) is 0 Å². The van der Waals surface area contributed by atoms with Gasteiger partial charge in [0.25, 0.3) is 10.0 Å². The van der Waals surface area contributed by atoms with Crippen molar-refractivity contribution in [3.63, 3.8) is 0 Å². The Kier molecular flexibility index (Phi) is 6.70. The zero-order chi connectivity index (χ0) is 24.5. The number of benzene rings is 2. The first-order chi connectivity index (χ1) is 16.3. The lowest BCUT2D eigenvalue weighted by molar-refractivity contribution is -0.138. The molecule has 2 amide bonds. The van der Waals surface area contributed by atoms with Gasteiger partial charge in [0, 0.05) is 32.6 Å². The number of anilines is 1. The van der Waals surface area contributed by atoms with Crippen LogP contribution < -0.4 is 14.4 Å². The molecule has 182 valence electrons. The number of aryl methyl sites for hydroxylation is 1. The third kappa shape index (κ3) is 4.29. The van der Waals surface area contributed by atoms with Gasteiger partial charge in [0.2, 0.25) is 11.8 Å². The Hall–Kier alpha value is -3.27. The summed E-state index contributed by atoms with van der Waals surface area (Å²) in [7, 11) is -1.05. The van der Waals surface area contributed by atoms with Crippen molar-refractivity contribution in [3.8, 4) is 11.5 Å². The van der Waals surface area contributed by atoms with Crippen LogP contribution in [0.5, 0.6) is 11.5 Å². The van der Waals surface area contributed by atoms with Crippen LogP contribution in [0.2, 0.25) is 0 Å². The van der Waals surface area contributed by atoms with Crippen molar-refractivity contribution in [2.45, 2.75) is 30.7 Å². The van der Waals surface area contributed by atoms with E-state index >= 15 is 0 Å². The zero-order valence-corrected chi connectivity index (χ0v) is 20.4. The third-order valence-corrected chi connectivity index (χ3v) is 8.21. The second-order valence-electron chi connectivity index (χ2n) is 8.36. The number of para-hydroxylation sites is 2. The Labute approximate surface area is 199 Å². The van der Waals surface area contributed by atoms with Gasteiger partial charge in [-0.3, -0.25) is 9.59 Å². The minimum atomic E-state index is -4.18. The molecule has 2 aromatic carbocycles. The molecule has 9 nitrogen and oxygen atoms in total. The molecule has 2 aliphatic heterocycles. The van der Waals surface area contributed by atoms with Gasteiger partial charge in [0.05, 0.1) is 24.8 Å². The first-order valence-corrected chi connectivity index (χ1v) is 12.6. The van der Waals surface area contributed by atoms with Crippen molar-refractivity contribution in [1.82, 2.24) is 9.21 Å². The highest BCUT2D eigenvalue weighted by atomic mass is 32.2. The summed E-state index contributed by atoms with van der Waals surface area (Å²) < 4.78 is 38.2. The van der Waals surface area contributed by atoms with Crippen LogP contribution in [0.4, 0.5) is 5.69 Å². The summed E-state index contributed by atoms with van der Waals surface area (Å²) in [6.07, 6.45) is 0.199. The average molecular weight is 488 g/mol. The maximum absolute atomic E-state index is 13.4. The minimum absolute atomic E-state index is 0.0198. The number of piperazine rings is 1. The topological polar surface area (TPSA) is 96.5 Å². The van der Waals surface area contributed by atoms with Gasteiger partial charge in [-0.25, -0.2) is 12.7 Å². The number of ether oxygens (including phenoxy) is 2. The Morgan fingerprint density at radius 3 is 2.29 bits per heavy atom. The fourth-order valence-electron chi connectivity index (χ4n) is 4.58. The molecule has 0 saturated carbocycles. The van der Waals surface area contributed by atoms with Gasteiger partial charge in [-0.15, -0.1) is 0 Å². The first kappa shape index (κ1) is 23.9. The van der Waals surface area contributed by atoms with Crippen LogP contribution in [0.25, 0.3) is 0 Å². The van der Waals surface area contributed by atoms with E-state index in [4.69, 9.17) is 9.47 Å². The van der Waals surface area contributed by atoms with Crippen molar-refractivity contribution < 1.29 is 27.5 Å². The molecule has 0 aromatic heterocycles. The van der Waals surface area contributed by atoms with Gasteiger partial charge >= 0.3 is 0 Å². The number of hydrogen-bond donors (Lipinski definition) is 0. The van der Waals surface area contributed by atoms with Crippen LogP contribution in [0.3, 0.4) is 0 Å². The molecule has 2 saturated heterocycles. The van der Waals surface area contributed by atoms with Gasteiger partial charge in [-0.1, -0.05) is 12.1 Å². The Bertz CT molecular complexity index is 1190. The maximum Gasteiger partial charge on any atom is 0.267 e. The van der Waals surface area contributed by atoms with Crippen LogP contribution in [-0.4, -0.2) is 75.9 Å². The van der Waals surface area contributed by atoms with E-state index in [0.717, 1.165) is 15.7 Å². The van der Waals surface area contributed by atoms with E-state index in [9.17, 15) is 18.0 Å². The Morgan fingerprint density at radius 2 is 1.65 bits per heavy atom. The molecule has 4 rings (SSSR count). The molecule has 2 fully saturated rings. The molecular formula is C24H29N3O6S. The SMILES string of the molecule is COc1ccc(S(=O)(=O)N2C(=O)CC[C@@H]2C(=O)N2CCN(c3ccccc3OC)CC2)cc1C. The van der Waals surface area contributed by atoms with Gasteiger partial charge in [0.1, 0.15) is 17.5 Å². The van der Waals surface area contributed by atoms with Crippen molar-refractivity contribution in [3.05, 3.63) is 48.0 Å². The van der Waals surface area contributed by atoms with Crippen LogP contribution in [0, 0.1) is 6.92 Å². The summed E-state index contributed by atoms with van der Waals surface area (Å²) in [6, 6.07) is 11.1. The lowest BCUT2D eigenvalue weighted by Gasteiger charge is -2.38. The summed E-state index contributed by atoms with van der Waals surface area (Å²) in [5, 5.41) is 0. The number of hydrogen-bond acceptors (Lipinski definition) is 7. The molecular weight excluding hydrogens is 458 g/mol. The molecule has 1 atom stereocenters. The molecule has 0 bridgehead atoms. The van der Waals surface area contributed by atoms with Gasteiger partial charge in [0.15, 0.2) is 0 Å². The maximum atomic E-state index is 13.4. The predicted molar refractivity (Wildman–Crippen MR) is 127 cm³/mol. The lowest BCUT2D eigenvalue weighted by atomic mass is 10.1. The highest BCUT2D eigenvalue weighted by Crippen LogP contribution is 2.32. The number of rotatable bonds is 6. The molecule has 2 heterocycles. The molecule has 0 N–H and O–H groups in total. The molecule has 10 heteroatoms. The van der Waals surface area contributed by atoms with Crippen molar-refractivity contribution in [2.75, 3.05) is 45.3 Å². The second-order valence-corrected chi connectivity index (χ2v) is 10.2. The number of nitrogens with zero attached hydrogens (tertiary/aromatic N) is 3. The Morgan fingerprint density at radius 1 is 0.971 bits per heavy atom. The standard InChI is InChI=1S/C24H29N3O6S/c1-17-16-18(8-10-21(17)32-2)34(30,31)27-20(9-11-23(27)28)24(29)26-14-12-25(13-15-26)19-6-4-5-7-22(19)33-3/h4-8,10,16,20H,9,11-15H2,1-3H3/t20-/m1/s1. The lowest BCUT2D eigenvalue weighted by Crippen LogP contribution is -2.55. The Balaban J connectivity index is 1.51. The van der Waals surface area contributed by atoms with Crippen molar-refractivity contribution >= 4 is 27.5 Å². The number of carbonyl (C=O) groups is 2. The minimum Gasteiger partial charge on any atom is -0.496 e. The summed E-state index contributed by atoms with van der Waals surface area (Å²) >= 11 is 0. The molecule has 0 unspecified atom stereocenters. The molecule has 2 aliphatic rings. The van der Waals surface area contributed by atoms with E-state index in [2.05, 4.69) is 4.90 Å². The fraction of sp³-hybridized carbons (Fsp3) is 0.417. The number of methoxy groups -OCH3 is 2. The van der Waals surface area contributed by atoms with Crippen LogP contribution in [0.15, 0.2) is 47.4 Å². The normalized spacial score (nSPS) is 18.9.